The number of aromatic nitrogens is 1. The Kier molecular flexibility index (Phi) is 6.36. The minimum absolute atomic E-state index is 0.788. The van der Waals surface area contributed by atoms with Gasteiger partial charge in [0, 0.05) is 24.2 Å². The van der Waals surface area contributed by atoms with Crippen molar-refractivity contribution in [1.82, 2.24) is 15.6 Å². The van der Waals surface area contributed by atoms with E-state index in [-0.39, 0.29) is 0 Å². The van der Waals surface area contributed by atoms with E-state index < -0.39 is 0 Å². The van der Waals surface area contributed by atoms with Gasteiger partial charge < -0.3 is 10.6 Å². The van der Waals surface area contributed by atoms with Crippen molar-refractivity contribution in [2.75, 3.05) is 25.6 Å². The third-order valence-corrected chi connectivity index (χ3v) is 3.92. The van der Waals surface area contributed by atoms with E-state index >= 15 is 0 Å². The van der Waals surface area contributed by atoms with Crippen molar-refractivity contribution in [3.05, 3.63) is 15.6 Å². The first-order valence-corrected chi connectivity index (χ1v) is 7.74. The lowest BCUT2D eigenvalue weighted by Crippen LogP contribution is -2.37. The number of hydrogen-bond acceptors (Lipinski definition) is 4. The molecule has 0 radical (unpaired) electrons. The molecule has 0 bridgehead atoms. The molecule has 0 aliphatic rings. The summed E-state index contributed by atoms with van der Waals surface area (Å²) >= 11 is 3.56. The molecule has 1 aromatic heterocycles. The van der Waals surface area contributed by atoms with Crippen molar-refractivity contribution < 1.29 is 0 Å². The fraction of sp³-hybridized carbons (Fsp3) is 0.636. The topological polar surface area (TPSA) is 49.3 Å². The minimum Gasteiger partial charge on any atom is -0.356 e. The highest BCUT2D eigenvalue weighted by atomic mass is 32.2. The van der Waals surface area contributed by atoms with Crippen LogP contribution in [0.4, 0.5) is 0 Å². The molecule has 0 fully saturated rings. The first kappa shape index (κ1) is 14.3. The zero-order valence-electron chi connectivity index (χ0n) is 10.8. The van der Waals surface area contributed by atoms with Crippen LogP contribution in [0, 0.1) is 13.8 Å². The summed E-state index contributed by atoms with van der Waals surface area (Å²) in [6.45, 7) is 5.80. The van der Waals surface area contributed by atoms with Crippen LogP contribution in [0.2, 0.25) is 0 Å². The summed E-state index contributed by atoms with van der Waals surface area (Å²) in [5.74, 6) is 1.93. The van der Waals surface area contributed by atoms with Crippen LogP contribution in [-0.4, -0.2) is 36.5 Å². The van der Waals surface area contributed by atoms with E-state index in [1.165, 1.54) is 4.88 Å². The summed E-state index contributed by atoms with van der Waals surface area (Å²) in [4.78, 5) is 9.86. The molecule has 1 aromatic rings. The van der Waals surface area contributed by atoms with Crippen LogP contribution in [0.3, 0.4) is 0 Å². The largest absolute Gasteiger partial charge is 0.356 e. The molecule has 96 valence electrons. The van der Waals surface area contributed by atoms with Gasteiger partial charge in [-0.15, -0.1) is 11.3 Å². The van der Waals surface area contributed by atoms with Gasteiger partial charge in [0.15, 0.2) is 5.96 Å². The molecular weight excluding hydrogens is 252 g/mol. The first-order valence-electron chi connectivity index (χ1n) is 5.53. The maximum atomic E-state index is 4.41. The lowest BCUT2D eigenvalue weighted by atomic mass is 10.4. The van der Waals surface area contributed by atoms with Gasteiger partial charge in [-0.05, 0) is 20.1 Å². The summed E-state index contributed by atoms with van der Waals surface area (Å²) in [6, 6.07) is 0. The average molecular weight is 272 g/mol. The van der Waals surface area contributed by atoms with E-state index in [9.17, 15) is 0 Å². The van der Waals surface area contributed by atoms with Gasteiger partial charge in [0.1, 0.15) is 0 Å². The van der Waals surface area contributed by atoms with Crippen LogP contribution in [0.15, 0.2) is 4.99 Å². The summed E-state index contributed by atoms with van der Waals surface area (Å²) < 4.78 is 0. The Morgan fingerprint density at radius 3 is 2.71 bits per heavy atom. The fourth-order valence-corrected chi connectivity index (χ4v) is 2.58. The van der Waals surface area contributed by atoms with Gasteiger partial charge in [0.2, 0.25) is 0 Å². The van der Waals surface area contributed by atoms with Gasteiger partial charge in [0.05, 0.1) is 17.2 Å². The number of nitrogens with zero attached hydrogens (tertiary/aromatic N) is 2. The molecule has 0 aliphatic heterocycles. The molecule has 0 aliphatic carbocycles. The molecule has 1 heterocycles. The Hall–Kier alpha value is -0.750. The predicted octanol–water partition coefficient (Wildman–Crippen LogP) is 1.79. The zero-order chi connectivity index (χ0) is 12.7. The minimum atomic E-state index is 0.788. The Balaban J connectivity index is 2.40. The standard InChI is InChI=1S/C11H20N4S2/c1-8-10(17-9(2)15-8)7-14-11(12-3)13-5-6-16-4/h5-7H2,1-4H3,(H2,12,13,14). The number of guanidine groups is 1. The highest BCUT2D eigenvalue weighted by Gasteiger charge is 2.05. The van der Waals surface area contributed by atoms with Crippen LogP contribution in [0.1, 0.15) is 15.6 Å². The molecule has 0 saturated heterocycles. The Labute approximate surface area is 111 Å². The van der Waals surface area contributed by atoms with Gasteiger partial charge in [-0.25, -0.2) is 4.98 Å². The normalized spacial score (nSPS) is 11.6. The average Bonchev–Trinajstić information content (AvgIpc) is 2.62. The van der Waals surface area contributed by atoms with Crippen molar-refractivity contribution >= 4 is 29.1 Å². The van der Waals surface area contributed by atoms with Crippen LogP contribution in [0.5, 0.6) is 0 Å². The maximum Gasteiger partial charge on any atom is 0.191 e. The number of aryl methyl sites for hydroxylation is 2. The molecule has 0 unspecified atom stereocenters. The van der Waals surface area contributed by atoms with E-state index in [2.05, 4.69) is 26.9 Å². The lowest BCUT2D eigenvalue weighted by Gasteiger charge is -2.10. The van der Waals surface area contributed by atoms with E-state index in [1.807, 2.05) is 25.6 Å². The van der Waals surface area contributed by atoms with E-state index in [0.717, 1.165) is 35.5 Å². The van der Waals surface area contributed by atoms with Crippen molar-refractivity contribution in [1.29, 1.82) is 0 Å². The molecule has 1 rings (SSSR count). The van der Waals surface area contributed by atoms with Crippen molar-refractivity contribution in [2.24, 2.45) is 4.99 Å². The van der Waals surface area contributed by atoms with Crippen LogP contribution in [0.25, 0.3) is 0 Å². The fourth-order valence-electron chi connectivity index (χ4n) is 1.39. The molecule has 0 atom stereocenters. The van der Waals surface area contributed by atoms with Crippen molar-refractivity contribution in [3.8, 4) is 0 Å². The predicted molar refractivity (Wildman–Crippen MR) is 78.2 cm³/mol. The summed E-state index contributed by atoms with van der Waals surface area (Å²) in [5, 5.41) is 7.68. The number of thiazole rings is 1. The third-order valence-electron chi connectivity index (χ3n) is 2.24. The number of thioether (sulfide) groups is 1. The Morgan fingerprint density at radius 2 is 2.18 bits per heavy atom. The van der Waals surface area contributed by atoms with E-state index in [0.29, 0.717) is 0 Å². The highest BCUT2D eigenvalue weighted by Crippen LogP contribution is 2.16. The molecule has 6 heteroatoms. The summed E-state index contributed by atoms with van der Waals surface area (Å²) in [7, 11) is 1.79. The summed E-state index contributed by atoms with van der Waals surface area (Å²) in [5.41, 5.74) is 1.11. The molecule has 0 amide bonds. The van der Waals surface area contributed by atoms with Gasteiger partial charge in [-0.3, -0.25) is 4.99 Å². The second-order valence-corrected chi connectivity index (χ2v) is 5.86. The number of aliphatic imine (C=N–C) groups is 1. The molecule has 0 spiro atoms. The highest BCUT2D eigenvalue weighted by molar-refractivity contribution is 7.98. The van der Waals surface area contributed by atoms with Gasteiger partial charge in [-0.2, -0.15) is 11.8 Å². The summed E-state index contributed by atoms with van der Waals surface area (Å²) in [6.07, 6.45) is 2.10. The van der Waals surface area contributed by atoms with Gasteiger partial charge >= 0.3 is 0 Å². The van der Waals surface area contributed by atoms with Gasteiger partial charge in [0.25, 0.3) is 0 Å². The second-order valence-electron chi connectivity index (χ2n) is 3.59. The quantitative estimate of drug-likeness (QED) is 0.487. The van der Waals surface area contributed by atoms with Crippen LogP contribution < -0.4 is 10.6 Å². The molecule has 0 aromatic carbocycles. The smallest absolute Gasteiger partial charge is 0.191 e. The maximum absolute atomic E-state index is 4.41. The van der Waals surface area contributed by atoms with E-state index in [1.54, 1.807) is 18.4 Å². The van der Waals surface area contributed by atoms with Gasteiger partial charge in [-0.1, -0.05) is 0 Å². The second kappa shape index (κ2) is 7.55. The van der Waals surface area contributed by atoms with Crippen molar-refractivity contribution in [3.63, 3.8) is 0 Å². The Bertz CT molecular complexity index is 374. The SMILES string of the molecule is CN=C(NCCSC)NCc1sc(C)nc1C. The molecule has 17 heavy (non-hydrogen) atoms. The molecule has 2 N–H and O–H groups in total. The van der Waals surface area contributed by atoms with Crippen LogP contribution in [-0.2, 0) is 6.54 Å². The zero-order valence-corrected chi connectivity index (χ0v) is 12.5. The lowest BCUT2D eigenvalue weighted by molar-refractivity contribution is 0.836. The first-order chi connectivity index (χ1) is 8.17. The number of hydrogen-bond donors (Lipinski definition) is 2. The monoisotopic (exact) mass is 272 g/mol. The molecular formula is C11H20N4S2. The molecule has 4 nitrogen and oxygen atoms in total. The number of nitrogens with one attached hydrogen (secondary N) is 2. The Morgan fingerprint density at radius 1 is 1.41 bits per heavy atom. The van der Waals surface area contributed by atoms with Crippen LogP contribution >= 0.6 is 23.1 Å². The van der Waals surface area contributed by atoms with Crippen molar-refractivity contribution in [2.45, 2.75) is 20.4 Å². The third kappa shape index (κ3) is 4.95. The molecule has 0 saturated carbocycles. The van der Waals surface area contributed by atoms with E-state index in [4.69, 9.17) is 0 Å². The number of rotatable bonds is 5.